The Morgan fingerprint density at radius 1 is 1.32 bits per heavy atom. The van der Waals surface area contributed by atoms with Crippen molar-refractivity contribution in [2.45, 2.75) is 38.7 Å². The van der Waals surface area contributed by atoms with E-state index in [-0.39, 0.29) is 6.10 Å². The molecule has 0 aliphatic carbocycles. The number of aliphatic imine (C=N–C) groups is 1. The van der Waals surface area contributed by atoms with Crippen LogP contribution in [0, 0.1) is 0 Å². The van der Waals surface area contributed by atoms with E-state index in [0.717, 1.165) is 32.7 Å². The molecule has 1 aliphatic rings. The van der Waals surface area contributed by atoms with Gasteiger partial charge in [0.1, 0.15) is 0 Å². The smallest absolute Gasteiger partial charge is 0.191 e. The van der Waals surface area contributed by atoms with Gasteiger partial charge in [-0.2, -0.15) is 0 Å². The van der Waals surface area contributed by atoms with E-state index in [9.17, 15) is 0 Å². The lowest BCUT2D eigenvalue weighted by Crippen LogP contribution is -2.41. The van der Waals surface area contributed by atoms with Crippen LogP contribution in [0.4, 0.5) is 0 Å². The average molecular weight is 270 g/mol. The zero-order chi connectivity index (χ0) is 14.1. The van der Waals surface area contributed by atoms with E-state index in [0.29, 0.717) is 12.5 Å². The van der Waals surface area contributed by atoms with Gasteiger partial charge in [0.15, 0.2) is 5.96 Å². The second-order valence-corrected chi connectivity index (χ2v) is 5.42. The third kappa shape index (κ3) is 6.78. The molecule has 5 nitrogen and oxygen atoms in total. The molecule has 0 spiro atoms. The molecule has 1 aliphatic heterocycles. The average Bonchev–Trinajstić information content (AvgIpc) is 2.42. The van der Waals surface area contributed by atoms with Gasteiger partial charge in [-0.05, 0) is 46.7 Å². The van der Waals surface area contributed by atoms with Crippen LogP contribution in [0.3, 0.4) is 0 Å². The highest BCUT2D eigenvalue weighted by atomic mass is 16.5. The first-order valence-electron chi connectivity index (χ1n) is 7.44. The molecule has 0 radical (unpaired) electrons. The third-order valence-corrected chi connectivity index (χ3v) is 3.44. The quantitative estimate of drug-likeness (QED) is 0.557. The van der Waals surface area contributed by atoms with Crippen molar-refractivity contribution >= 4 is 5.96 Å². The topological polar surface area (TPSA) is 54.1 Å². The summed E-state index contributed by atoms with van der Waals surface area (Å²) in [6, 6.07) is 0. The minimum Gasteiger partial charge on any atom is -0.377 e. The van der Waals surface area contributed by atoms with Crippen molar-refractivity contribution in [3.05, 3.63) is 0 Å². The van der Waals surface area contributed by atoms with Crippen LogP contribution >= 0.6 is 0 Å². The maximum atomic E-state index is 6.06. The van der Waals surface area contributed by atoms with E-state index in [1.54, 1.807) is 0 Å². The molecule has 1 unspecified atom stereocenters. The third-order valence-electron chi connectivity index (χ3n) is 3.44. The predicted molar refractivity (Wildman–Crippen MR) is 80.5 cm³/mol. The highest BCUT2D eigenvalue weighted by molar-refractivity contribution is 5.78. The summed E-state index contributed by atoms with van der Waals surface area (Å²) < 4.78 is 5.72. The first-order chi connectivity index (χ1) is 9.13. The maximum Gasteiger partial charge on any atom is 0.191 e. The molecule has 1 heterocycles. The molecule has 5 heteroatoms. The van der Waals surface area contributed by atoms with Crippen LogP contribution < -0.4 is 5.73 Å². The number of piperidine rings is 1. The number of hydrogen-bond donors (Lipinski definition) is 1. The van der Waals surface area contributed by atoms with Crippen LogP contribution in [0.2, 0.25) is 0 Å². The molecule has 2 N–H and O–H groups in total. The van der Waals surface area contributed by atoms with Crippen LogP contribution in [0.1, 0.15) is 32.6 Å². The van der Waals surface area contributed by atoms with E-state index < -0.39 is 0 Å². The molecule has 112 valence electrons. The number of likely N-dealkylation sites (tertiary alicyclic amines) is 1. The fraction of sp³-hybridized carbons (Fsp3) is 0.929. The van der Waals surface area contributed by atoms with Crippen molar-refractivity contribution < 1.29 is 4.74 Å². The Morgan fingerprint density at radius 3 is 2.58 bits per heavy atom. The van der Waals surface area contributed by atoms with Crippen LogP contribution in [0.15, 0.2) is 4.99 Å². The minimum absolute atomic E-state index is 0.177. The van der Waals surface area contributed by atoms with Crippen molar-refractivity contribution in [2.24, 2.45) is 10.7 Å². The van der Waals surface area contributed by atoms with Crippen LogP contribution in [0.5, 0.6) is 0 Å². The number of nitrogens with two attached hydrogens (primary N) is 1. The molecular formula is C14H30N4O. The second-order valence-electron chi connectivity index (χ2n) is 5.42. The summed E-state index contributed by atoms with van der Waals surface area (Å²) in [5, 5.41) is 0. The van der Waals surface area contributed by atoms with Crippen molar-refractivity contribution in [1.82, 2.24) is 9.80 Å². The van der Waals surface area contributed by atoms with E-state index in [1.165, 1.54) is 19.3 Å². The molecule has 0 amide bonds. The minimum atomic E-state index is 0.177. The Labute approximate surface area is 117 Å². The lowest BCUT2D eigenvalue weighted by molar-refractivity contribution is 0.0581. The number of ether oxygens (including phenoxy) is 1. The van der Waals surface area contributed by atoms with Crippen LogP contribution in [-0.2, 0) is 4.74 Å². The second kappa shape index (κ2) is 9.15. The Bertz CT molecular complexity index is 262. The number of guanidine groups is 1. The van der Waals surface area contributed by atoms with Gasteiger partial charge >= 0.3 is 0 Å². The summed E-state index contributed by atoms with van der Waals surface area (Å²) in [6.07, 6.45) is 4.94. The van der Waals surface area contributed by atoms with Gasteiger partial charge in [0.2, 0.25) is 0 Å². The molecule has 0 bridgehead atoms. The first-order valence-corrected chi connectivity index (χ1v) is 7.44. The maximum absolute atomic E-state index is 6.06. The molecule has 0 aromatic rings. The standard InChI is InChI=1S/C14H30N4O/c1-4-19-13(8-11-17(2)3)12-16-14(15)18-9-6-5-7-10-18/h13H,4-12H2,1-3H3,(H2,15,16). The molecule has 1 rings (SSSR count). The van der Waals surface area contributed by atoms with Gasteiger partial charge in [0.25, 0.3) is 0 Å². The van der Waals surface area contributed by atoms with Gasteiger partial charge in [-0.3, -0.25) is 4.99 Å². The van der Waals surface area contributed by atoms with Crippen molar-refractivity contribution in [1.29, 1.82) is 0 Å². The van der Waals surface area contributed by atoms with Gasteiger partial charge < -0.3 is 20.3 Å². The fourth-order valence-electron chi connectivity index (χ4n) is 2.28. The molecule has 1 saturated heterocycles. The lowest BCUT2D eigenvalue weighted by atomic mass is 10.1. The lowest BCUT2D eigenvalue weighted by Gasteiger charge is -2.28. The zero-order valence-electron chi connectivity index (χ0n) is 12.8. The Kier molecular flexibility index (Phi) is 7.82. The molecule has 19 heavy (non-hydrogen) atoms. The predicted octanol–water partition coefficient (Wildman–Crippen LogP) is 1.14. The van der Waals surface area contributed by atoms with E-state index >= 15 is 0 Å². The highest BCUT2D eigenvalue weighted by Gasteiger charge is 2.13. The van der Waals surface area contributed by atoms with Gasteiger partial charge in [-0.25, -0.2) is 0 Å². The SMILES string of the molecule is CCOC(CCN(C)C)CN=C(N)N1CCCCC1. The van der Waals surface area contributed by atoms with Gasteiger partial charge in [0, 0.05) is 26.2 Å². The fourth-order valence-corrected chi connectivity index (χ4v) is 2.28. The molecule has 0 aromatic heterocycles. The van der Waals surface area contributed by atoms with Crippen molar-refractivity contribution in [2.75, 3.05) is 46.9 Å². The van der Waals surface area contributed by atoms with Gasteiger partial charge in [0.05, 0.1) is 12.6 Å². The molecule has 1 atom stereocenters. The normalized spacial score (nSPS) is 18.9. The Hall–Kier alpha value is -0.810. The number of hydrogen-bond acceptors (Lipinski definition) is 3. The van der Waals surface area contributed by atoms with E-state index in [1.807, 2.05) is 6.92 Å². The monoisotopic (exact) mass is 270 g/mol. The summed E-state index contributed by atoms with van der Waals surface area (Å²) in [6.45, 7) is 6.55. The summed E-state index contributed by atoms with van der Waals surface area (Å²) in [5.74, 6) is 0.689. The highest BCUT2D eigenvalue weighted by Crippen LogP contribution is 2.08. The molecular weight excluding hydrogens is 240 g/mol. The van der Waals surface area contributed by atoms with E-state index in [4.69, 9.17) is 10.5 Å². The van der Waals surface area contributed by atoms with Gasteiger partial charge in [-0.1, -0.05) is 0 Å². The van der Waals surface area contributed by atoms with Gasteiger partial charge in [-0.15, -0.1) is 0 Å². The van der Waals surface area contributed by atoms with Crippen LogP contribution in [-0.4, -0.2) is 68.7 Å². The molecule has 0 saturated carbocycles. The summed E-state index contributed by atoms with van der Waals surface area (Å²) >= 11 is 0. The zero-order valence-corrected chi connectivity index (χ0v) is 12.8. The Balaban J connectivity index is 2.38. The summed E-state index contributed by atoms with van der Waals surface area (Å²) in [4.78, 5) is 8.88. The van der Waals surface area contributed by atoms with E-state index in [2.05, 4.69) is 28.9 Å². The molecule has 1 fully saturated rings. The van der Waals surface area contributed by atoms with Crippen molar-refractivity contribution in [3.63, 3.8) is 0 Å². The number of nitrogens with zero attached hydrogens (tertiary/aromatic N) is 3. The van der Waals surface area contributed by atoms with Crippen LogP contribution in [0.25, 0.3) is 0 Å². The Morgan fingerprint density at radius 2 is 2.00 bits per heavy atom. The van der Waals surface area contributed by atoms with Crippen molar-refractivity contribution in [3.8, 4) is 0 Å². The summed E-state index contributed by atoms with van der Waals surface area (Å²) in [5.41, 5.74) is 6.06. The molecule has 0 aromatic carbocycles. The number of rotatable bonds is 7. The largest absolute Gasteiger partial charge is 0.377 e. The summed E-state index contributed by atoms with van der Waals surface area (Å²) in [7, 11) is 4.16. The first kappa shape index (κ1) is 16.2.